The lowest BCUT2D eigenvalue weighted by Crippen LogP contribution is -2.26. The van der Waals surface area contributed by atoms with Gasteiger partial charge < -0.3 is 5.32 Å². The monoisotopic (exact) mass is 327 g/mol. The predicted octanol–water partition coefficient (Wildman–Crippen LogP) is 2.81. The SMILES string of the molecule is O=C(NC1CC1)c1cc(Cl)cc(S(=O)(=O)Cl)c1Cl. The van der Waals surface area contributed by atoms with Crippen molar-refractivity contribution in [2.45, 2.75) is 23.8 Å². The van der Waals surface area contributed by atoms with E-state index in [1.807, 2.05) is 0 Å². The van der Waals surface area contributed by atoms with E-state index in [0.717, 1.165) is 18.9 Å². The largest absolute Gasteiger partial charge is 0.349 e. The molecule has 0 aliphatic heterocycles. The van der Waals surface area contributed by atoms with Crippen molar-refractivity contribution in [1.29, 1.82) is 0 Å². The topological polar surface area (TPSA) is 63.2 Å². The zero-order chi connectivity index (χ0) is 13.5. The van der Waals surface area contributed by atoms with Gasteiger partial charge in [-0.15, -0.1) is 0 Å². The van der Waals surface area contributed by atoms with Crippen molar-refractivity contribution in [2.24, 2.45) is 0 Å². The summed E-state index contributed by atoms with van der Waals surface area (Å²) in [6.07, 6.45) is 1.81. The number of hydrogen-bond donors (Lipinski definition) is 1. The maximum Gasteiger partial charge on any atom is 0.262 e. The first-order valence-electron chi connectivity index (χ1n) is 5.03. The highest BCUT2D eigenvalue weighted by molar-refractivity contribution is 8.13. The summed E-state index contributed by atoms with van der Waals surface area (Å²) in [5.74, 6) is -0.452. The molecule has 1 fully saturated rings. The normalized spacial score (nSPS) is 15.5. The van der Waals surface area contributed by atoms with Crippen LogP contribution in [0.4, 0.5) is 0 Å². The van der Waals surface area contributed by atoms with Crippen LogP contribution in [0.1, 0.15) is 23.2 Å². The van der Waals surface area contributed by atoms with Gasteiger partial charge in [-0.05, 0) is 25.0 Å². The van der Waals surface area contributed by atoms with Crippen molar-refractivity contribution in [3.63, 3.8) is 0 Å². The number of carbonyl (C=O) groups excluding carboxylic acids is 1. The van der Waals surface area contributed by atoms with E-state index in [1.165, 1.54) is 6.07 Å². The molecule has 0 unspecified atom stereocenters. The first-order valence-corrected chi connectivity index (χ1v) is 8.10. The van der Waals surface area contributed by atoms with Crippen molar-refractivity contribution < 1.29 is 13.2 Å². The molecular formula is C10H8Cl3NO3S. The Kier molecular flexibility index (Phi) is 3.78. The van der Waals surface area contributed by atoms with Crippen LogP contribution in [-0.2, 0) is 9.05 Å². The van der Waals surface area contributed by atoms with Gasteiger partial charge in [-0.3, -0.25) is 4.79 Å². The van der Waals surface area contributed by atoms with Gasteiger partial charge in [0.2, 0.25) is 0 Å². The number of carbonyl (C=O) groups is 1. The summed E-state index contributed by atoms with van der Waals surface area (Å²) >= 11 is 11.6. The number of hydrogen-bond acceptors (Lipinski definition) is 3. The minimum atomic E-state index is -4.05. The molecular weight excluding hydrogens is 321 g/mol. The Hall–Kier alpha value is -0.490. The fourth-order valence-corrected chi connectivity index (χ4v) is 3.26. The van der Waals surface area contributed by atoms with Crippen LogP contribution in [0.25, 0.3) is 0 Å². The van der Waals surface area contributed by atoms with Crippen LogP contribution in [0.15, 0.2) is 17.0 Å². The maximum absolute atomic E-state index is 11.9. The molecule has 18 heavy (non-hydrogen) atoms. The smallest absolute Gasteiger partial charge is 0.262 e. The van der Waals surface area contributed by atoms with Gasteiger partial charge in [0.1, 0.15) is 4.90 Å². The molecule has 1 N–H and O–H groups in total. The molecule has 4 nitrogen and oxygen atoms in total. The summed E-state index contributed by atoms with van der Waals surface area (Å²) in [7, 11) is 1.18. The molecule has 1 aliphatic rings. The van der Waals surface area contributed by atoms with E-state index in [4.69, 9.17) is 33.9 Å². The molecule has 0 saturated heterocycles. The van der Waals surface area contributed by atoms with Crippen LogP contribution in [-0.4, -0.2) is 20.4 Å². The lowest BCUT2D eigenvalue weighted by Gasteiger charge is -2.09. The van der Waals surface area contributed by atoms with Gasteiger partial charge in [-0.25, -0.2) is 8.42 Å². The molecule has 1 aliphatic carbocycles. The van der Waals surface area contributed by atoms with Crippen molar-refractivity contribution in [3.8, 4) is 0 Å². The Balaban J connectivity index is 2.47. The summed E-state index contributed by atoms with van der Waals surface area (Å²) in [4.78, 5) is 11.5. The zero-order valence-electron chi connectivity index (χ0n) is 8.91. The zero-order valence-corrected chi connectivity index (χ0v) is 12.0. The number of halogens is 3. The average Bonchev–Trinajstić information content (AvgIpc) is 3.03. The average molecular weight is 329 g/mol. The summed E-state index contributed by atoms with van der Waals surface area (Å²) < 4.78 is 22.6. The first kappa shape index (κ1) is 13.9. The van der Waals surface area contributed by atoms with Gasteiger partial charge in [0.15, 0.2) is 0 Å². The Bertz CT molecular complexity index is 611. The highest BCUT2D eigenvalue weighted by Gasteiger charge is 2.27. The van der Waals surface area contributed by atoms with Gasteiger partial charge in [0.05, 0.1) is 10.6 Å². The molecule has 1 saturated carbocycles. The molecule has 1 aromatic carbocycles. The number of amides is 1. The molecule has 98 valence electrons. The molecule has 2 rings (SSSR count). The van der Waals surface area contributed by atoms with E-state index in [-0.39, 0.29) is 26.5 Å². The van der Waals surface area contributed by atoms with Gasteiger partial charge in [0, 0.05) is 21.7 Å². The fraction of sp³-hybridized carbons (Fsp3) is 0.300. The molecule has 0 bridgehead atoms. The van der Waals surface area contributed by atoms with Crippen LogP contribution in [0, 0.1) is 0 Å². The second-order valence-corrected chi connectivity index (χ2v) is 7.30. The van der Waals surface area contributed by atoms with Crippen LogP contribution in [0.3, 0.4) is 0 Å². The summed E-state index contributed by atoms with van der Waals surface area (Å²) in [5, 5.41) is 2.56. The minimum absolute atomic E-state index is 0.00953. The Morgan fingerprint density at radius 1 is 1.28 bits per heavy atom. The van der Waals surface area contributed by atoms with E-state index in [0.29, 0.717) is 0 Å². The maximum atomic E-state index is 11.9. The first-order chi connectivity index (χ1) is 8.29. The minimum Gasteiger partial charge on any atom is -0.349 e. The standard InChI is InChI=1S/C10H8Cl3NO3S/c11-5-3-7(10(15)14-6-1-2-6)9(12)8(4-5)18(13,16)17/h3-4,6H,1-2H2,(H,14,15). The number of rotatable bonds is 3. The van der Waals surface area contributed by atoms with Gasteiger partial charge in [-0.1, -0.05) is 23.2 Å². The predicted molar refractivity (Wildman–Crippen MR) is 70.0 cm³/mol. The van der Waals surface area contributed by atoms with Crippen molar-refractivity contribution in [2.75, 3.05) is 0 Å². The van der Waals surface area contributed by atoms with E-state index >= 15 is 0 Å². The Labute approximate surface area is 119 Å². The fourth-order valence-electron chi connectivity index (χ4n) is 1.40. The van der Waals surface area contributed by atoms with Crippen molar-refractivity contribution in [3.05, 3.63) is 27.7 Å². The Morgan fingerprint density at radius 3 is 2.39 bits per heavy atom. The molecule has 1 aromatic rings. The third-order valence-corrected chi connectivity index (χ3v) is 4.51. The van der Waals surface area contributed by atoms with E-state index < -0.39 is 15.0 Å². The molecule has 1 amide bonds. The third-order valence-electron chi connectivity index (χ3n) is 2.42. The number of benzene rings is 1. The van der Waals surface area contributed by atoms with Gasteiger partial charge >= 0.3 is 0 Å². The molecule has 0 radical (unpaired) electrons. The molecule has 0 spiro atoms. The Morgan fingerprint density at radius 2 is 1.89 bits per heavy atom. The van der Waals surface area contributed by atoms with E-state index in [9.17, 15) is 13.2 Å². The van der Waals surface area contributed by atoms with Gasteiger partial charge in [0.25, 0.3) is 15.0 Å². The van der Waals surface area contributed by atoms with Crippen molar-refractivity contribution in [1.82, 2.24) is 5.32 Å². The molecule has 0 aromatic heterocycles. The molecule has 8 heteroatoms. The van der Waals surface area contributed by atoms with E-state index in [1.54, 1.807) is 0 Å². The van der Waals surface area contributed by atoms with Crippen LogP contribution >= 0.6 is 33.9 Å². The third kappa shape index (κ3) is 3.09. The summed E-state index contributed by atoms with van der Waals surface area (Å²) in [6.45, 7) is 0. The van der Waals surface area contributed by atoms with Crippen LogP contribution in [0.2, 0.25) is 10.0 Å². The highest BCUT2D eigenvalue weighted by atomic mass is 35.7. The molecule has 0 heterocycles. The molecule has 0 atom stereocenters. The van der Waals surface area contributed by atoms with Crippen molar-refractivity contribution >= 4 is 48.8 Å². The second-order valence-electron chi connectivity index (χ2n) is 3.95. The lowest BCUT2D eigenvalue weighted by molar-refractivity contribution is 0.0951. The second kappa shape index (κ2) is 4.89. The highest BCUT2D eigenvalue weighted by Crippen LogP contribution is 2.32. The quantitative estimate of drug-likeness (QED) is 0.868. The van der Waals surface area contributed by atoms with Gasteiger partial charge in [-0.2, -0.15) is 0 Å². The lowest BCUT2D eigenvalue weighted by atomic mass is 10.2. The summed E-state index contributed by atoms with van der Waals surface area (Å²) in [5.41, 5.74) is 0.00953. The van der Waals surface area contributed by atoms with Crippen LogP contribution < -0.4 is 5.32 Å². The summed E-state index contributed by atoms with van der Waals surface area (Å²) in [6, 6.07) is 2.55. The van der Waals surface area contributed by atoms with E-state index in [2.05, 4.69) is 5.32 Å². The number of nitrogens with one attached hydrogen (secondary N) is 1. The van der Waals surface area contributed by atoms with Crippen LogP contribution in [0.5, 0.6) is 0 Å².